The Labute approximate surface area is 134 Å². The van der Waals surface area contributed by atoms with Gasteiger partial charge in [0.05, 0.1) is 10.2 Å². The molecule has 1 aromatic carbocycles. The van der Waals surface area contributed by atoms with Gasteiger partial charge in [-0.1, -0.05) is 59.1 Å². The lowest BCUT2D eigenvalue weighted by molar-refractivity contribution is 0.833. The lowest BCUT2D eigenvalue weighted by atomic mass is 10.1. The minimum atomic E-state index is 0.487. The number of aromatic nitrogens is 2. The van der Waals surface area contributed by atoms with E-state index in [2.05, 4.69) is 54.8 Å². The first-order valence-electron chi connectivity index (χ1n) is 6.06. The van der Waals surface area contributed by atoms with E-state index < -0.39 is 0 Å². The van der Waals surface area contributed by atoms with Crippen LogP contribution in [0.4, 0.5) is 0 Å². The summed E-state index contributed by atoms with van der Waals surface area (Å²) in [5.74, 6) is 0.753. The van der Waals surface area contributed by atoms with Crippen molar-refractivity contribution in [3.63, 3.8) is 0 Å². The molecule has 0 saturated heterocycles. The summed E-state index contributed by atoms with van der Waals surface area (Å²) in [7, 11) is 0. The van der Waals surface area contributed by atoms with Gasteiger partial charge >= 0.3 is 0 Å². The second kappa shape index (κ2) is 6.82. The van der Waals surface area contributed by atoms with Crippen molar-refractivity contribution in [3.05, 3.63) is 55.4 Å². The van der Waals surface area contributed by atoms with Crippen molar-refractivity contribution in [2.24, 2.45) is 0 Å². The van der Waals surface area contributed by atoms with Gasteiger partial charge < -0.3 is 0 Å². The lowest BCUT2D eigenvalue weighted by Crippen LogP contribution is -2.03. The third-order valence-corrected chi connectivity index (χ3v) is 4.83. The molecule has 100 valence electrons. The monoisotopic (exact) mass is 402 g/mol. The summed E-state index contributed by atoms with van der Waals surface area (Å²) in [5, 5.41) is 0.487. The van der Waals surface area contributed by atoms with Crippen molar-refractivity contribution in [1.29, 1.82) is 0 Å². The van der Waals surface area contributed by atoms with Crippen LogP contribution in [0, 0.1) is 0 Å². The number of rotatable bonds is 4. The topological polar surface area (TPSA) is 25.8 Å². The van der Waals surface area contributed by atoms with Gasteiger partial charge in [0, 0.05) is 10.9 Å². The van der Waals surface area contributed by atoms with Gasteiger partial charge in [-0.2, -0.15) is 0 Å². The Morgan fingerprint density at radius 2 is 1.89 bits per heavy atom. The largest absolute Gasteiger partial charge is 0.236 e. The Morgan fingerprint density at radius 3 is 2.58 bits per heavy atom. The van der Waals surface area contributed by atoms with Gasteiger partial charge in [0.25, 0.3) is 0 Å². The molecule has 5 heteroatoms. The smallest absolute Gasteiger partial charge is 0.147 e. The third kappa shape index (κ3) is 3.77. The highest BCUT2D eigenvalue weighted by Crippen LogP contribution is 2.26. The van der Waals surface area contributed by atoms with Crippen molar-refractivity contribution >= 4 is 43.5 Å². The Kier molecular flexibility index (Phi) is 5.37. The van der Waals surface area contributed by atoms with E-state index >= 15 is 0 Å². The van der Waals surface area contributed by atoms with E-state index in [9.17, 15) is 0 Å². The van der Waals surface area contributed by atoms with E-state index in [1.165, 1.54) is 0 Å². The summed E-state index contributed by atoms with van der Waals surface area (Å²) in [4.78, 5) is 8.93. The molecule has 0 N–H and O–H groups in total. The molecule has 2 rings (SSSR count). The normalized spacial score (nSPS) is 10.7. The third-order valence-electron chi connectivity index (χ3n) is 2.72. The molecule has 0 atom stereocenters. The summed E-state index contributed by atoms with van der Waals surface area (Å²) in [6.07, 6.45) is 2.59. The second-order valence-electron chi connectivity index (χ2n) is 4.21. The quantitative estimate of drug-likeness (QED) is 0.655. The number of halogens is 3. The molecule has 0 unspecified atom stereocenters. The van der Waals surface area contributed by atoms with Crippen molar-refractivity contribution in [2.45, 2.75) is 26.2 Å². The van der Waals surface area contributed by atoms with Crippen molar-refractivity contribution in [1.82, 2.24) is 9.97 Å². The Bertz CT molecular complexity index is 588. The van der Waals surface area contributed by atoms with Gasteiger partial charge in [0.2, 0.25) is 0 Å². The van der Waals surface area contributed by atoms with Crippen molar-refractivity contribution in [3.8, 4) is 0 Å². The summed E-state index contributed by atoms with van der Waals surface area (Å²) < 4.78 is 1.88. The summed E-state index contributed by atoms with van der Waals surface area (Å²) in [5.41, 5.74) is 2.13. The maximum Gasteiger partial charge on any atom is 0.147 e. The van der Waals surface area contributed by atoms with Crippen LogP contribution in [0.2, 0.25) is 5.15 Å². The molecular formula is C14H13Br2ClN2. The van der Waals surface area contributed by atoms with Gasteiger partial charge in [-0.25, -0.2) is 9.97 Å². The zero-order chi connectivity index (χ0) is 13.8. The molecule has 0 aliphatic rings. The van der Waals surface area contributed by atoms with E-state index in [4.69, 9.17) is 11.6 Å². The van der Waals surface area contributed by atoms with Gasteiger partial charge in [-0.3, -0.25) is 0 Å². The maximum absolute atomic E-state index is 6.15. The lowest BCUT2D eigenvalue weighted by Gasteiger charge is -2.08. The fraction of sp³-hybridized carbons (Fsp3) is 0.286. The average molecular weight is 405 g/mol. The van der Waals surface area contributed by atoms with Gasteiger partial charge in [-0.05, 0) is 34.0 Å². The fourth-order valence-electron chi connectivity index (χ4n) is 1.80. The highest BCUT2D eigenvalue weighted by molar-refractivity contribution is 9.10. The van der Waals surface area contributed by atoms with Crippen LogP contribution in [-0.2, 0) is 12.8 Å². The van der Waals surface area contributed by atoms with Crippen LogP contribution in [0.1, 0.15) is 30.4 Å². The van der Waals surface area contributed by atoms with Crippen molar-refractivity contribution < 1.29 is 0 Å². The molecule has 1 heterocycles. The molecule has 0 aliphatic heterocycles. The second-order valence-corrected chi connectivity index (χ2v) is 6.21. The molecule has 0 amide bonds. The fourth-order valence-corrected chi connectivity index (χ4v) is 2.81. The Balaban J connectivity index is 2.33. The molecular weight excluding hydrogens is 391 g/mol. The standard InChI is InChI=1S/C14H13Br2ClN2/c1-2-5-11-13(16)14(17)19-12(18-11)8-9-6-3-4-7-10(9)15/h3-4,6-7H,2,5,8H2,1H3. The highest BCUT2D eigenvalue weighted by Gasteiger charge is 2.11. The van der Waals surface area contributed by atoms with Crippen LogP contribution in [0.25, 0.3) is 0 Å². The molecule has 0 aliphatic carbocycles. The predicted octanol–water partition coefficient (Wildman–Crippen LogP) is 5.20. The predicted molar refractivity (Wildman–Crippen MR) is 85.7 cm³/mol. The molecule has 2 nitrogen and oxygen atoms in total. The summed E-state index contributed by atoms with van der Waals surface area (Å²) >= 11 is 13.1. The minimum Gasteiger partial charge on any atom is -0.236 e. The number of nitrogens with zero attached hydrogens (tertiary/aromatic N) is 2. The molecule has 1 aromatic heterocycles. The van der Waals surface area contributed by atoms with E-state index in [0.717, 1.165) is 38.9 Å². The van der Waals surface area contributed by atoms with Crippen LogP contribution < -0.4 is 0 Å². The zero-order valence-corrected chi connectivity index (χ0v) is 14.4. The Morgan fingerprint density at radius 1 is 1.16 bits per heavy atom. The first kappa shape index (κ1) is 14.9. The van der Waals surface area contributed by atoms with E-state index in [1.54, 1.807) is 0 Å². The summed E-state index contributed by atoms with van der Waals surface area (Å²) in [6, 6.07) is 8.07. The Hall–Kier alpha value is -0.450. The molecule has 19 heavy (non-hydrogen) atoms. The average Bonchev–Trinajstić information content (AvgIpc) is 2.38. The van der Waals surface area contributed by atoms with Gasteiger partial charge in [0.1, 0.15) is 11.0 Å². The number of aryl methyl sites for hydroxylation is 1. The SMILES string of the molecule is CCCc1nc(Cc2ccccc2Br)nc(Cl)c1Br. The maximum atomic E-state index is 6.15. The molecule has 0 bridgehead atoms. The first-order chi connectivity index (χ1) is 9.11. The van der Waals surface area contributed by atoms with Crippen LogP contribution >= 0.6 is 43.5 Å². The number of hydrogen-bond donors (Lipinski definition) is 0. The van der Waals surface area contributed by atoms with E-state index in [0.29, 0.717) is 11.6 Å². The van der Waals surface area contributed by atoms with Crippen LogP contribution in [0.3, 0.4) is 0 Å². The number of hydrogen-bond acceptors (Lipinski definition) is 2. The highest BCUT2D eigenvalue weighted by atomic mass is 79.9. The van der Waals surface area contributed by atoms with Gasteiger partial charge in [-0.15, -0.1) is 0 Å². The van der Waals surface area contributed by atoms with Crippen LogP contribution in [-0.4, -0.2) is 9.97 Å². The van der Waals surface area contributed by atoms with Gasteiger partial charge in [0.15, 0.2) is 0 Å². The molecule has 0 fully saturated rings. The molecule has 0 saturated carbocycles. The minimum absolute atomic E-state index is 0.487. The molecule has 0 spiro atoms. The zero-order valence-electron chi connectivity index (χ0n) is 10.5. The molecule has 0 radical (unpaired) electrons. The summed E-state index contributed by atoms with van der Waals surface area (Å²) in [6.45, 7) is 2.12. The first-order valence-corrected chi connectivity index (χ1v) is 8.02. The van der Waals surface area contributed by atoms with E-state index in [-0.39, 0.29) is 0 Å². The van der Waals surface area contributed by atoms with Crippen LogP contribution in [0.15, 0.2) is 33.2 Å². The van der Waals surface area contributed by atoms with E-state index in [1.807, 2.05) is 18.2 Å². The van der Waals surface area contributed by atoms with Crippen LogP contribution in [0.5, 0.6) is 0 Å². The number of benzene rings is 1. The van der Waals surface area contributed by atoms with Crippen molar-refractivity contribution in [2.75, 3.05) is 0 Å². The molecule has 2 aromatic rings.